The molecule has 0 aromatic carbocycles. The van der Waals surface area contributed by atoms with Gasteiger partial charge in [-0.05, 0) is 6.42 Å². The molecular weight excluding hydrogens is 326 g/mol. The van der Waals surface area contributed by atoms with E-state index in [1.807, 2.05) is 9.80 Å². The number of ether oxygens (including phenoxy) is 2. The molecule has 0 unspecified atom stereocenters. The second-order valence-corrected chi connectivity index (χ2v) is 5.64. The number of hydrogen-bond acceptors (Lipinski definition) is 8. The lowest BCUT2D eigenvalue weighted by Crippen LogP contribution is -2.35. The van der Waals surface area contributed by atoms with Crippen LogP contribution in [0.1, 0.15) is 16.8 Å². The summed E-state index contributed by atoms with van der Waals surface area (Å²) in [4.78, 5) is 29.0. The van der Waals surface area contributed by atoms with Gasteiger partial charge in [0.05, 0.1) is 26.0 Å². The van der Waals surface area contributed by atoms with Gasteiger partial charge in [0.2, 0.25) is 5.95 Å². The van der Waals surface area contributed by atoms with Crippen molar-refractivity contribution < 1.29 is 14.3 Å². The second-order valence-electron chi connectivity index (χ2n) is 5.64. The van der Waals surface area contributed by atoms with Gasteiger partial charge in [-0.3, -0.25) is 9.48 Å². The van der Waals surface area contributed by atoms with Crippen LogP contribution < -0.4 is 14.4 Å². The lowest BCUT2D eigenvalue weighted by atomic mass is 10.3. The molecule has 1 amide bonds. The van der Waals surface area contributed by atoms with Crippen LogP contribution in [0.15, 0.2) is 12.4 Å². The van der Waals surface area contributed by atoms with Gasteiger partial charge in [0.25, 0.3) is 5.91 Å². The van der Waals surface area contributed by atoms with E-state index in [9.17, 15) is 4.79 Å². The van der Waals surface area contributed by atoms with Crippen molar-refractivity contribution in [2.24, 2.45) is 7.05 Å². The number of aromatic nitrogens is 5. The highest BCUT2D eigenvalue weighted by atomic mass is 16.5. The van der Waals surface area contributed by atoms with Gasteiger partial charge in [0.1, 0.15) is 0 Å². The topological polar surface area (TPSA) is 98.5 Å². The lowest BCUT2D eigenvalue weighted by molar-refractivity contribution is 0.0767. The minimum Gasteiger partial charge on any atom is -0.467 e. The van der Waals surface area contributed by atoms with E-state index in [2.05, 4.69) is 20.1 Å². The van der Waals surface area contributed by atoms with Gasteiger partial charge in [-0.25, -0.2) is 0 Å². The van der Waals surface area contributed by atoms with E-state index in [0.717, 1.165) is 13.0 Å². The Morgan fingerprint density at radius 2 is 1.76 bits per heavy atom. The number of nitrogens with zero attached hydrogens (tertiary/aromatic N) is 7. The van der Waals surface area contributed by atoms with E-state index in [4.69, 9.17) is 9.47 Å². The molecule has 0 spiro atoms. The summed E-state index contributed by atoms with van der Waals surface area (Å²) >= 11 is 0. The molecule has 3 rings (SSSR count). The average molecular weight is 347 g/mol. The molecule has 1 aliphatic rings. The third-order valence-corrected chi connectivity index (χ3v) is 3.97. The smallest absolute Gasteiger partial charge is 0.324 e. The molecule has 10 heteroatoms. The zero-order valence-electron chi connectivity index (χ0n) is 14.5. The van der Waals surface area contributed by atoms with Crippen molar-refractivity contribution in [1.29, 1.82) is 0 Å². The average Bonchev–Trinajstić information content (AvgIpc) is 2.92. The summed E-state index contributed by atoms with van der Waals surface area (Å²) in [6.07, 6.45) is 4.13. The fourth-order valence-electron chi connectivity index (χ4n) is 2.69. The van der Waals surface area contributed by atoms with Gasteiger partial charge in [-0.15, -0.1) is 4.98 Å². The molecule has 1 saturated heterocycles. The van der Waals surface area contributed by atoms with Crippen LogP contribution in [0.3, 0.4) is 0 Å². The minimum atomic E-state index is -0.0132. The molecule has 1 fully saturated rings. The molecular formula is C15H21N7O3. The summed E-state index contributed by atoms with van der Waals surface area (Å²) in [6.45, 7) is 2.59. The standard InChI is InChI=1S/C15H21N7O3/c1-20-10-11(9-16-20)12(23)21-5-4-6-22(8-7-21)13-17-14(24-2)19-15(18-13)25-3/h9-10H,4-8H2,1-3H3. The van der Waals surface area contributed by atoms with Crippen LogP contribution in [0.25, 0.3) is 0 Å². The molecule has 1 aliphatic heterocycles. The van der Waals surface area contributed by atoms with Crippen LogP contribution in [-0.2, 0) is 7.05 Å². The summed E-state index contributed by atoms with van der Waals surface area (Å²) in [5.74, 6) is 0.472. The van der Waals surface area contributed by atoms with Crippen LogP contribution in [0.4, 0.5) is 5.95 Å². The first-order chi connectivity index (χ1) is 12.1. The summed E-state index contributed by atoms with van der Waals surface area (Å²) in [7, 11) is 4.78. The van der Waals surface area contributed by atoms with Crippen LogP contribution >= 0.6 is 0 Å². The zero-order valence-corrected chi connectivity index (χ0v) is 14.5. The molecule has 2 aromatic heterocycles. The monoisotopic (exact) mass is 347 g/mol. The van der Waals surface area contributed by atoms with E-state index in [0.29, 0.717) is 31.1 Å². The molecule has 3 heterocycles. The van der Waals surface area contributed by atoms with Gasteiger partial charge in [0, 0.05) is 39.4 Å². The summed E-state index contributed by atoms with van der Waals surface area (Å²) < 4.78 is 11.8. The van der Waals surface area contributed by atoms with E-state index in [1.54, 1.807) is 24.1 Å². The quantitative estimate of drug-likeness (QED) is 0.761. The van der Waals surface area contributed by atoms with Crippen molar-refractivity contribution in [1.82, 2.24) is 29.6 Å². The SMILES string of the molecule is COc1nc(OC)nc(N2CCCN(C(=O)c3cnn(C)c3)CC2)n1. The van der Waals surface area contributed by atoms with Crippen molar-refractivity contribution in [2.45, 2.75) is 6.42 Å². The molecule has 0 aliphatic carbocycles. The maximum atomic E-state index is 12.6. The van der Waals surface area contributed by atoms with Crippen LogP contribution in [0, 0.1) is 0 Å². The van der Waals surface area contributed by atoms with Gasteiger partial charge in [-0.1, -0.05) is 0 Å². The molecule has 0 radical (unpaired) electrons. The van der Waals surface area contributed by atoms with Gasteiger partial charge in [-0.2, -0.15) is 15.1 Å². The molecule has 0 bridgehead atoms. The Balaban J connectivity index is 1.72. The Bertz CT molecular complexity index is 726. The third kappa shape index (κ3) is 3.78. The van der Waals surface area contributed by atoms with Crippen LogP contribution in [0.5, 0.6) is 12.0 Å². The lowest BCUT2D eigenvalue weighted by Gasteiger charge is -2.22. The first-order valence-corrected chi connectivity index (χ1v) is 7.97. The molecule has 10 nitrogen and oxygen atoms in total. The first kappa shape index (κ1) is 16.9. The van der Waals surface area contributed by atoms with E-state index >= 15 is 0 Å². The van der Waals surface area contributed by atoms with Crippen molar-refractivity contribution in [2.75, 3.05) is 45.3 Å². The van der Waals surface area contributed by atoms with Crippen molar-refractivity contribution >= 4 is 11.9 Å². The number of carbonyl (C=O) groups excluding carboxylic acids is 1. The predicted octanol–water partition coefficient (Wildman–Crippen LogP) is -0.0252. The van der Waals surface area contributed by atoms with E-state index in [1.165, 1.54) is 14.2 Å². The normalized spacial score (nSPS) is 15.0. The maximum Gasteiger partial charge on any atom is 0.324 e. The predicted molar refractivity (Wildman–Crippen MR) is 88.9 cm³/mol. The van der Waals surface area contributed by atoms with E-state index < -0.39 is 0 Å². The van der Waals surface area contributed by atoms with Crippen molar-refractivity contribution in [3.8, 4) is 12.0 Å². The van der Waals surface area contributed by atoms with Gasteiger partial charge >= 0.3 is 12.0 Å². The Labute approximate surface area is 145 Å². The summed E-state index contributed by atoms with van der Waals surface area (Å²) in [6, 6.07) is 0.406. The summed E-state index contributed by atoms with van der Waals surface area (Å²) in [5.41, 5.74) is 0.597. The molecule has 25 heavy (non-hydrogen) atoms. The highest BCUT2D eigenvalue weighted by molar-refractivity contribution is 5.93. The number of anilines is 1. The Morgan fingerprint density at radius 3 is 2.36 bits per heavy atom. The highest BCUT2D eigenvalue weighted by Crippen LogP contribution is 2.18. The molecule has 0 saturated carbocycles. The minimum absolute atomic E-state index is 0.0132. The largest absolute Gasteiger partial charge is 0.467 e. The van der Waals surface area contributed by atoms with Crippen LogP contribution in [0.2, 0.25) is 0 Å². The Hall–Kier alpha value is -2.91. The van der Waals surface area contributed by atoms with Gasteiger partial charge in [0.15, 0.2) is 0 Å². The van der Waals surface area contributed by atoms with Crippen LogP contribution in [-0.4, -0.2) is 75.9 Å². The highest BCUT2D eigenvalue weighted by Gasteiger charge is 2.23. The second kappa shape index (κ2) is 7.32. The van der Waals surface area contributed by atoms with E-state index in [-0.39, 0.29) is 17.9 Å². The molecule has 0 N–H and O–H groups in total. The first-order valence-electron chi connectivity index (χ1n) is 7.97. The molecule has 0 atom stereocenters. The number of carbonyl (C=O) groups is 1. The number of methoxy groups -OCH3 is 2. The fraction of sp³-hybridized carbons (Fsp3) is 0.533. The van der Waals surface area contributed by atoms with Crippen molar-refractivity contribution in [3.63, 3.8) is 0 Å². The number of aryl methyl sites for hydroxylation is 1. The zero-order chi connectivity index (χ0) is 17.8. The third-order valence-electron chi connectivity index (χ3n) is 3.97. The van der Waals surface area contributed by atoms with Gasteiger partial charge < -0.3 is 19.3 Å². The fourth-order valence-corrected chi connectivity index (χ4v) is 2.69. The summed E-state index contributed by atoms with van der Waals surface area (Å²) in [5, 5.41) is 4.06. The number of rotatable bonds is 4. The maximum absolute atomic E-state index is 12.6. The number of amides is 1. The number of hydrogen-bond donors (Lipinski definition) is 0. The molecule has 134 valence electrons. The van der Waals surface area contributed by atoms with Crippen molar-refractivity contribution in [3.05, 3.63) is 18.0 Å². The molecule has 2 aromatic rings. The Kier molecular flexibility index (Phi) is 4.96. The Morgan fingerprint density at radius 1 is 1.04 bits per heavy atom.